The second kappa shape index (κ2) is 6.83. The minimum Gasteiger partial charge on any atom is -0.391 e. The van der Waals surface area contributed by atoms with Gasteiger partial charge in [0.2, 0.25) is 0 Å². The molecule has 0 heterocycles. The van der Waals surface area contributed by atoms with Crippen molar-refractivity contribution in [3.63, 3.8) is 0 Å². The van der Waals surface area contributed by atoms with Crippen LogP contribution in [-0.4, -0.2) is 32.5 Å². The van der Waals surface area contributed by atoms with Gasteiger partial charge >= 0.3 is 15.6 Å². The zero-order valence-electron chi connectivity index (χ0n) is 8.72. The molecule has 0 aromatic heterocycles. The van der Waals surface area contributed by atoms with E-state index in [0.29, 0.717) is 12.8 Å². The molecule has 98 valence electrons. The number of aliphatic hydroxyl groups excluding tert-OH is 1. The van der Waals surface area contributed by atoms with Crippen molar-refractivity contribution in [3.8, 4) is 0 Å². The summed E-state index contributed by atoms with van der Waals surface area (Å²) in [4.78, 5) is 25.4. The minimum absolute atomic E-state index is 0.367. The van der Waals surface area contributed by atoms with E-state index in [2.05, 4.69) is 8.83 Å². The number of hydrogen-bond donors (Lipinski definition) is 4. The summed E-state index contributed by atoms with van der Waals surface area (Å²) in [7, 11) is -9.91. The molecule has 0 fully saturated rings. The van der Waals surface area contributed by atoms with E-state index in [9.17, 15) is 14.2 Å². The highest BCUT2D eigenvalue weighted by Crippen LogP contribution is 2.57. The van der Waals surface area contributed by atoms with Crippen LogP contribution in [0.2, 0.25) is 0 Å². The third-order valence-corrected chi connectivity index (χ3v) is 3.68. The van der Waals surface area contributed by atoms with Gasteiger partial charge in [0.15, 0.2) is 0 Å². The van der Waals surface area contributed by atoms with E-state index in [-0.39, 0.29) is 0 Å². The maximum absolute atomic E-state index is 10.9. The maximum atomic E-state index is 10.9. The van der Waals surface area contributed by atoms with E-state index in [1.807, 2.05) is 6.92 Å². The SMILES string of the molecule is CCCCC(O)COP(=O)(O)OP(=O)(O)O. The highest BCUT2D eigenvalue weighted by Gasteiger charge is 2.32. The summed E-state index contributed by atoms with van der Waals surface area (Å²) >= 11 is 0. The standard InChI is InChI=1S/C6H16O8P2/c1-2-3-4-6(7)5-13-16(11,12)14-15(8,9)10/h6-7H,2-5H2,1H3,(H,11,12)(H2,8,9,10). The van der Waals surface area contributed by atoms with Crippen molar-refractivity contribution >= 4 is 15.6 Å². The lowest BCUT2D eigenvalue weighted by Gasteiger charge is -2.15. The Morgan fingerprint density at radius 1 is 1.25 bits per heavy atom. The number of rotatable bonds is 8. The molecule has 2 unspecified atom stereocenters. The van der Waals surface area contributed by atoms with Crippen LogP contribution >= 0.6 is 15.6 Å². The average Bonchev–Trinajstić information content (AvgIpc) is 2.07. The zero-order valence-corrected chi connectivity index (χ0v) is 10.5. The first-order valence-corrected chi connectivity index (χ1v) is 7.61. The summed E-state index contributed by atoms with van der Waals surface area (Å²) in [5.74, 6) is 0. The number of hydrogen-bond acceptors (Lipinski definition) is 5. The van der Waals surface area contributed by atoms with Gasteiger partial charge in [-0.1, -0.05) is 19.8 Å². The van der Waals surface area contributed by atoms with Crippen molar-refractivity contribution in [2.75, 3.05) is 6.61 Å². The molecule has 0 aliphatic rings. The summed E-state index contributed by atoms with van der Waals surface area (Å²) in [5, 5.41) is 9.24. The predicted octanol–water partition coefficient (Wildman–Crippen LogP) is 0.764. The molecule has 0 saturated carbocycles. The summed E-state index contributed by atoms with van der Waals surface area (Å²) in [6.07, 6.45) is 0.944. The van der Waals surface area contributed by atoms with Gasteiger partial charge < -0.3 is 19.8 Å². The number of aliphatic hydroxyl groups is 1. The topological polar surface area (TPSA) is 134 Å². The quantitative estimate of drug-likeness (QED) is 0.478. The van der Waals surface area contributed by atoms with E-state index >= 15 is 0 Å². The Bertz CT molecular complexity index is 286. The highest BCUT2D eigenvalue weighted by atomic mass is 31.3. The molecule has 0 rings (SSSR count). The van der Waals surface area contributed by atoms with Crippen molar-refractivity contribution in [1.29, 1.82) is 0 Å². The molecule has 0 bridgehead atoms. The lowest BCUT2D eigenvalue weighted by Crippen LogP contribution is -2.14. The molecular formula is C6H16O8P2. The largest absolute Gasteiger partial charge is 0.481 e. The predicted molar refractivity (Wildman–Crippen MR) is 54.4 cm³/mol. The average molecular weight is 278 g/mol. The van der Waals surface area contributed by atoms with E-state index < -0.39 is 28.4 Å². The van der Waals surface area contributed by atoms with Crippen LogP contribution in [0, 0.1) is 0 Å². The van der Waals surface area contributed by atoms with Crippen LogP contribution in [0.25, 0.3) is 0 Å². The van der Waals surface area contributed by atoms with Crippen molar-refractivity contribution < 1.29 is 37.8 Å². The molecule has 0 spiro atoms. The Hall–Kier alpha value is 0.220. The van der Waals surface area contributed by atoms with Gasteiger partial charge in [-0.3, -0.25) is 4.52 Å². The molecular weight excluding hydrogens is 262 g/mol. The van der Waals surface area contributed by atoms with Gasteiger partial charge in [0.25, 0.3) is 0 Å². The second-order valence-electron chi connectivity index (χ2n) is 3.13. The Labute approximate surface area is 93.1 Å². The summed E-state index contributed by atoms with van der Waals surface area (Å²) < 4.78 is 28.9. The van der Waals surface area contributed by atoms with Crippen molar-refractivity contribution in [1.82, 2.24) is 0 Å². The molecule has 8 nitrogen and oxygen atoms in total. The molecule has 16 heavy (non-hydrogen) atoms. The maximum Gasteiger partial charge on any atom is 0.481 e. The molecule has 0 amide bonds. The fourth-order valence-corrected chi connectivity index (χ4v) is 2.49. The second-order valence-corrected chi connectivity index (χ2v) is 5.96. The molecule has 10 heteroatoms. The molecule has 0 aromatic rings. The molecule has 0 saturated heterocycles. The van der Waals surface area contributed by atoms with Gasteiger partial charge in [-0.15, -0.1) is 0 Å². The first-order chi connectivity index (χ1) is 7.16. The first-order valence-electron chi connectivity index (χ1n) is 4.58. The fraction of sp³-hybridized carbons (Fsp3) is 1.00. The molecule has 0 aromatic carbocycles. The Morgan fingerprint density at radius 2 is 1.81 bits per heavy atom. The Morgan fingerprint density at radius 3 is 2.25 bits per heavy atom. The van der Waals surface area contributed by atoms with Crippen LogP contribution in [0.1, 0.15) is 26.2 Å². The van der Waals surface area contributed by atoms with Gasteiger partial charge in [-0.25, -0.2) is 9.13 Å². The molecule has 0 radical (unpaired) electrons. The summed E-state index contributed by atoms with van der Waals surface area (Å²) in [5.41, 5.74) is 0. The van der Waals surface area contributed by atoms with Gasteiger partial charge in [0, 0.05) is 0 Å². The Balaban J connectivity index is 3.99. The minimum atomic E-state index is -5.09. The summed E-state index contributed by atoms with van der Waals surface area (Å²) in [6.45, 7) is 1.38. The van der Waals surface area contributed by atoms with E-state index in [4.69, 9.17) is 14.7 Å². The molecule has 4 N–H and O–H groups in total. The number of phosphoric acid groups is 2. The van der Waals surface area contributed by atoms with Crippen molar-refractivity contribution in [2.45, 2.75) is 32.3 Å². The Kier molecular flexibility index (Phi) is 6.93. The normalized spacial score (nSPS) is 18.1. The lowest BCUT2D eigenvalue weighted by molar-refractivity contribution is 0.0765. The third kappa shape index (κ3) is 9.45. The van der Waals surface area contributed by atoms with E-state index in [0.717, 1.165) is 6.42 Å². The highest BCUT2D eigenvalue weighted by molar-refractivity contribution is 7.60. The first kappa shape index (κ1) is 16.2. The lowest BCUT2D eigenvalue weighted by atomic mass is 10.2. The van der Waals surface area contributed by atoms with Crippen LogP contribution in [0.5, 0.6) is 0 Å². The van der Waals surface area contributed by atoms with Gasteiger partial charge in [0.1, 0.15) is 0 Å². The van der Waals surface area contributed by atoms with Gasteiger partial charge in [-0.2, -0.15) is 4.31 Å². The third-order valence-electron chi connectivity index (χ3n) is 1.53. The van der Waals surface area contributed by atoms with E-state index in [1.54, 1.807) is 0 Å². The molecule has 2 atom stereocenters. The van der Waals surface area contributed by atoms with Crippen LogP contribution in [-0.2, 0) is 18.0 Å². The monoisotopic (exact) mass is 278 g/mol. The van der Waals surface area contributed by atoms with Crippen LogP contribution in [0.15, 0.2) is 0 Å². The van der Waals surface area contributed by atoms with Gasteiger partial charge in [-0.05, 0) is 6.42 Å². The fourth-order valence-electron chi connectivity index (χ4n) is 0.861. The summed E-state index contributed by atoms with van der Waals surface area (Å²) in [6, 6.07) is 0. The zero-order chi connectivity index (χ0) is 12.8. The number of unbranched alkanes of at least 4 members (excludes halogenated alkanes) is 1. The van der Waals surface area contributed by atoms with Crippen LogP contribution < -0.4 is 0 Å². The smallest absolute Gasteiger partial charge is 0.391 e. The van der Waals surface area contributed by atoms with E-state index in [1.165, 1.54) is 0 Å². The molecule has 0 aliphatic carbocycles. The van der Waals surface area contributed by atoms with Crippen molar-refractivity contribution in [3.05, 3.63) is 0 Å². The van der Waals surface area contributed by atoms with Gasteiger partial charge in [0.05, 0.1) is 12.7 Å². The molecule has 0 aliphatic heterocycles. The number of phosphoric ester groups is 1. The van der Waals surface area contributed by atoms with Crippen LogP contribution in [0.3, 0.4) is 0 Å². The van der Waals surface area contributed by atoms with Crippen LogP contribution in [0.4, 0.5) is 0 Å². The van der Waals surface area contributed by atoms with Crippen molar-refractivity contribution in [2.24, 2.45) is 0 Å².